The molecule has 4 heteroatoms. The lowest BCUT2D eigenvalue weighted by atomic mass is 9.93. The normalized spacial score (nSPS) is 11.3. The van der Waals surface area contributed by atoms with Gasteiger partial charge in [0.05, 0.1) is 21.6 Å². The zero-order chi connectivity index (χ0) is 32.6. The van der Waals surface area contributed by atoms with E-state index in [2.05, 4.69) is 158 Å². The van der Waals surface area contributed by atoms with Crippen LogP contribution in [0.2, 0.25) is 0 Å². The molecule has 0 saturated heterocycles. The number of rotatable bonds is 6. The van der Waals surface area contributed by atoms with Gasteiger partial charge in [0, 0.05) is 27.8 Å². The largest absolute Gasteiger partial charge is 0.235 e. The molecular weight excluding hydrogens is 615 g/mol. The Bertz CT molecular complexity index is 2580. The standard InChI is InChI=1S/C45H29N3S/c1-4-13-30(14-5-1)31-23-25-33(26-24-31)44-46-40(32-15-6-2-7-16-32)29-41(47-44)38-28-27-37(35-19-10-11-20-36(35)38)39-21-12-22-42-43(39)48-45(49-42)34-17-8-3-9-18-34/h1-29H. The van der Waals surface area contributed by atoms with Crippen LogP contribution in [0.25, 0.3) is 87.7 Å². The third-order valence-corrected chi connectivity index (χ3v) is 10.0. The van der Waals surface area contributed by atoms with Crippen LogP contribution in [0.4, 0.5) is 0 Å². The topological polar surface area (TPSA) is 38.7 Å². The van der Waals surface area contributed by atoms with Crippen molar-refractivity contribution in [3.05, 3.63) is 176 Å². The first kappa shape index (κ1) is 29.0. The maximum Gasteiger partial charge on any atom is 0.160 e. The summed E-state index contributed by atoms with van der Waals surface area (Å²) < 4.78 is 1.18. The molecule has 0 unspecified atom stereocenters. The van der Waals surface area contributed by atoms with Crippen LogP contribution in [-0.2, 0) is 0 Å². The van der Waals surface area contributed by atoms with Gasteiger partial charge in [-0.05, 0) is 39.6 Å². The van der Waals surface area contributed by atoms with E-state index in [1.807, 2.05) is 18.2 Å². The number of hydrogen-bond donors (Lipinski definition) is 0. The minimum Gasteiger partial charge on any atom is -0.235 e. The molecule has 0 saturated carbocycles. The summed E-state index contributed by atoms with van der Waals surface area (Å²) in [6, 6.07) is 61.4. The van der Waals surface area contributed by atoms with E-state index in [0.717, 1.165) is 71.6 Å². The summed E-state index contributed by atoms with van der Waals surface area (Å²) in [6.07, 6.45) is 0. The Labute approximate surface area is 288 Å². The minimum atomic E-state index is 0.699. The van der Waals surface area contributed by atoms with Gasteiger partial charge in [0.2, 0.25) is 0 Å². The Morgan fingerprint density at radius 3 is 1.61 bits per heavy atom. The summed E-state index contributed by atoms with van der Waals surface area (Å²) in [4.78, 5) is 15.5. The van der Waals surface area contributed by atoms with Gasteiger partial charge in [-0.3, -0.25) is 0 Å². The fourth-order valence-corrected chi connectivity index (χ4v) is 7.54. The Balaban J connectivity index is 1.19. The van der Waals surface area contributed by atoms with Gasteiger partial charge in [0.25, 0.3) is 0 Å². The van der Waals surface area contributed by atoms with E-state index in [4.69, 9.17) is 15.0 Å². The van der Waals surface area contributed by atoms with Gasteiger partial charge in [-0.15, -0.1) is 11.3 Å². The zero-order valence-corrected chi connectivity index (χ0v) is 27.3. The molecule has 0 spiro atoms. The van der Waals surface area contributed by atoms with Crippen LogP contribution in [0.15, 0.2) is 176 Å². The van der Waals surface area contributed by atoms with Crippen LogP contribution in [0.1, 0.15) is 0 Å². The highest BCUT2D eigenvalue weighted by molar-refractivity contribution is 7.21. The van der Waals surface area contributed by atoms with Gasteiger partial charge in [0.15, 0.2) is 5.82 Å². The first-order valence-electron chi connectivity index (χ1n) is 16.4. The molecule has 0 bridgehead atoms. The first-order chi connectivity index (χ1) is 24.3. The predicted octanol–water partition coefficient (Wildman–Crippen LogP) is 12.2. The van der Waals surface area contributed by atoms with E-state index in [1.165, 1.54) is 10.3 Å². The lowest BCUT2D eigenvalue weighted by Crippen LogP contribution is -1.97. The highest BCUT2D eigenvalue weighted by atomic mass is 32.1. The van der Waals surface area contributed by atoms with Crippen molar-refractivity contribution in [1.82, 2.24) is 15.0 Å². The van der Waals surface area contributed by atoms with Gasteiger partial charge in [-0.25, -0.2) is 15.0 Å². The number of nitrogens with zero attached hydrogens (tertiary/aromatic N) is 3. The molecule has 0 aliphatic heterocycles. The maximum absolute atomic E-state index is 5.22. The average Bonchev–Trinajstić information content (AvgIpc) is 3.64. The van der Waals surface area contributed by atoms with Crippen LogP contribution in [-0.4, -0.2) is 15.0 Å². The van der Waals surface area contributed by atoms with E-state index in [1.54, 1.807) is 11.3 Å². The Hall–Kier alpha value is -6.23. The fraction of sp³-hybridized carbons (Fsp3) is 0. The fourth-order valence-electron chi connectivity index (χ4n) is 6.54. The lowest BCUT2D eigenvalue weighted by molar-refractivity contribution is 1.18. The van der Waals surface area contributed by atoms with Crippen LogP contribution in [0, 0.1) is 0 Å². The first-order valence-corrected chi connectivity index (χ1v) is 17.2. The van der Waals surface area contributed by atoms with E-state index in [9.17, 15) is 0 Å². The molecule has 0 aliphatic carbocycles. The number of aromatic nitrogens is 3. The third kappa shape index (κ3) is 5.48. The van der Waals surface area contributed by atoms with Crippen LogP contribution < -0.4 is 0 Å². The second-order valence-corrected chi connectivity index (χ2v) is 13.0. The van der Waals surface area contributed by atoms with E-state index < -0.39 is 0 Å². The minimum absolute atomic E-state index is 0.699. The predicted molar refractivity (Wildman–Crippen MR) is 205 cm³/mol. The SMILES string of the molecule is c1ccc(-c2ccc(-c3nc(-c4ccccc4)cc(-c4ccc(-c5cccc6sc(-c7ccccc7)nc56)c5ccccc45)n3)cc2)cc1. The molecule has 0 amide bonds. The Morgan fingerprint density at radius 2 is 0.898 bits per heavy atom. The molecule has 2 heterocycles. The van der Waals surface area contributed by atoms with Crippen molar-refractivity contribution in [1.29, 1.82) is 0 Å². The van der Waals surface area contributed by atoms with Gasteiger partial charge < -0.3 is 0 Å². The molecule has 0 N–H and O–H groups in total. The Kier molecular flexibility index (Phi) is 7.34. The second kappa shape index (κ2) is 12.4. The highest BCUT2D eigenvalue weighted by Crippen LogP contribution is 2.41. The summed E-state index contributed by atoms with van der Waals surface area (Å²) >= 11 is 1.74. The molecule has 0 radical (unpaired) electrons. The molecule has 9 aromatic rings. The van der Waals surface area contributed by atoms with Crippen molar-refractivity contribution < 1.29 is 0 Å². The monoisotopic (exact) mass is 643 g/mol. The van der Waals surface area contributed by atoms with Crippen molar-refractivity contribution in [2.45, 2.75) is 0 Å². The third-order valence-electron chi connectivity index (χ3n) is 8.98. The van der Waals surface area contributed by atoms with Crippen LogP contribution in [0.5, 0.6) is 0 Å². The summed E-state index contributed by atoms with van der Waals surface area (Å²) in [5.74, 6) is 0.699. The van der Waals surface area contributed by atoms with Crippen molar-refractivity contribution in [3.8, 4) is 66.7 Å². The van der Waals surface area contributed by atoms with E-state index >= 15 is 0 Å². The van der Waals surface area contributed by atoms with Gasteiger partial charge in [-0.1, -0.05) is 164 Å². The summed E-state index contributed by atoms with van der Waals surface area (Å²) in [5.41, 5.74) is 11.7. The maximum atomic E-state index is 5.22. The van der Waals surface area contributed by atoms with E-state index in [0.29, 0.717) is 5.82 Å². The Morgan fingerprint density at radius 1 is 0.347 bits per heavy atom. The molecule has 3 nitrogen and oxygen atoms in total. The molecule has 49 heavy (non-hydrogen) atoms. The molecule has 0 aliphatic rings. The van der Waals surface area contributed by atoms with Gasteiger partial charge >= 0.3 is 0 Å². The average molecular weight is 644 g/mol. The van der Waals surface area contributed by atoms with Crippen molar-refractivity contribution in [2.24, 2.45) is 0 Å². The molecule has 230 valence electrons. The second-order valence-electron chi connectivity index (χ2n) is 12.0. The molecule has 2 aromatic heterocycles. The number of benzene rings is 7. The van der Waals surface area contributed by atoms with Gasteiger partial charge in [-0.2, -0.15) is 0 Å². The van der Waals surface area contributed by atoms with Crippen LogP contribution in [0.3, 0.4) is 0 Å². The van der Waals surface area contributed by atoms with E-state index in [-0.39, 0.29) is 0 Å². The summed E-state index contributed by atoms with van der Waals surface area (Å²) in [6.45, 7) is 0. The molecule has 7 aromatic carbocycles. The van der Waals surface area contributed by atoms with Crippen molar-refractivity contribution >= 4 is 32.3 Å². The zero-order valence-electron chi connectivity index (χ0n) is 26.5. The molecule has 0 fully saturated rings. The molecule has 9 rings (SSSR count). The summed E-state index contributed by atoms with van der Waals surface area (Å²) in [5, 5.41) is 3.33. The molecular formula is C45H29N3S. The number of para-hydroxylation sites is 1. The van der Waals surface area contributed by atoms with Crippen molar-refractivity contribution in [2.75, 3.05) is 0 Å². The quantitative estimate of drug-likeness (QED) is 0.181. The number of fused-ring (bicyclic) bond motifs is 2. The highest BCUT2D eigenvalue weighted by Gasteiger charge is 2.17. The summed E-state index contributed by atoms with van der Waals surface area (Å²) in [7, 11) is 0. The van der Waals surface area contributed by atoms with Crippen LogP contribution >= 0.6 is 11.3 Å². The smallest absolute Gasteiger partial charge is 0.160 e. The van der Waals surface area contributed by atoms with Gasteiger partial charge in [0.1, 0.15) is 5.01 Å². The lowest BCUT2D eigenvalue weighted by Gasteiger charge is -2.14. The number of hydrogen-bond acceptors (Lipinski definition) is 4. The number of thiazole rings is 1. The van der Waals surface area contributed by atoms with Crippen molar-refractivity contribution in [3.63, 3.8) is 0 Å². The molecule has 0 atom stereocenters.